The van der Waals surface area contributed by atoms with Gasteiger partial charge >= 0.3 is 0 Å². The topological polar surface area (TPSA) is 19.1 Å². The van der Waals surface area contributed by atoms with Crippen molar-refractivity contribution in [1.82, 2.24) is 9.13 Å². The molecule has 1 aliphatic heterocycles. The van der Waals surface area contributed by atoms with Crippen molar-refractivity contribution in [3.63, 3.8) is 0 Å². The maximum atomic E-state index is 6.80. The van der Waals surface area contributed by atoms with Gasteiger partial charge in [-0.2, -0.15) is 0 Å². The zero-order valence-corrected chi connectivity index (χ0v) is 36.3. The average molecular weight is 815 g/mol. The Kier molecular flexibility index (Phi) is 9.69. The summed E-state index contributed by atoms with van der Waals surface area (Å²) >= 11 is 0. The molecule has 11 rings (SSSR count). The van der Waals surface area contributed by atoms with E-state index in [4.69, 9.17) is 4.74 Å². The minimum atomic E-state index is 0.0972. The molecule has 306 valence electrons. The number of hydrogen-bond donors (Lipinski definition) is 0. The summed E-state index contributed by atoms with van der Waals surface area (Å²) in [6.07, 6.45) is 13.5. The van der Waals surface area contributed by atoms with Crippen LogP contribution in [0.25, 0.3) is 94.7 Å². The molecule has 0 spiro atoms. The molecule has 0 radical (unpaired) electrons. The standard InChI is InChI=1S/C60H50N2O/c1-5-17-51-39(3)61(49-30-26-43(27-31-49)41-18-9-7-10-19-41)57-33-29-44(37-55(51)57)47-34-46(42-20-11-8-12-21-42)35-48(36-47)45-28-32-53-52-22-13-15-24-56(52)62(58(53)38-45)40(4)60-50(6-2)54-23-14-16-25-59(54)63-60/h5-13,15-22,24-38,54,59H,14,23H2,1-4H3/b17-5-,50-6-,60-40-. The highest BCUT2D eigenvalue weighted by molar-refractivity contribution is 6.11. The monoisotopic (exact) mass is 814 g/mol. The van der Waals surface area contributed by atoms with E-state index < -0.39 is 0 Å². The van der Waals surface area contributed by atoms with Crippen LogP contribution < -0.4 is 0 Å². The number of benzene rings is 7. The lowest BCUT2D eigenvalue weighted by Gasteiger charge is -2.17. The summed E-state index contributed by atoms with van der Waals surface area (Å²) in [7, 11) is 0. The Labute approximate surface area is 370 Å². The Balaban J connectivity index is 1.06. The van der Waals surface area contributed by atoms with Gasteiger partial charge in [0.25, 0.3) is 0 Å². The van der Waals surface area contributed by atoms with E-state index in [-0.39, 0.29) is 6.10 Å². The summed E-state index contributed by atoms with van der Waals surface area (Å²) in [6, 6.07) is 60.2. The Morgan fingerprint density at radius 1 is 0.571 bits per heavy atom. The molecular formula is C60H50N2O. The van der Waals surface area contributed by atoms with Gasteiger partial charge in [0.1, 0.15) is 11.9 Å². The van der Waals surface area contributed by atoms with Crippen LogP contribution in [0.3, 0.4) is 0 Å². The molecule has 63 heavy (non-hydrogen) atoms. The van der Waals surface area contributed by atoms with Gasteiger partial charge in [-0.1, -0.05) is 133 Å². The highest BCUT2D eigenvalue weighted by atomic mass is 16.5. The molecular weight excluding hydrogens is 765 g/mol. The molecule has 0 bridgehead atoms. The number of allylic oxidation sites excluding steroid dienone is 5. The van der Waals surface area contributed by atoms with Gasteiger partial charge in [-0.3, -0.25) is 0 Å². The lowest BCUT2D eigenvalue weighted by Crippen LogP contribution is -2.16. The van der Waals surface area contributed by atoms with E-state index in [1.807, 2.05) is 0 Å². The van der Waals surface area contributed by atoms with E-state index >= 15 is 0 Å². The largest absolute Gasteiger partial charge is 0.484 e. The molecule has 1 fully saturated rings. The number of fused-ring (bicyclic) bond motifs is 5. The lowest BCUT2D eigenvalue weighted by atomic mass is 9.86. The molecule has 0 N–H and O–H groups in total. The van der Waals surface area contributed by atoms with E-state index in [1.54, 1.807) is 0 Å². The van der Waals surface area contributed by atoms with Crippen LogP contribution in [-0.4, -0.2) is 15.2 Å². The minimum absolute atomic E-state index is 0.0972. The molecule has 3 heteroatoms. The summed E-state index contributed by atoms with van der Waals surface area (Å²) in [4.78, 5) is 0. The van der Waals surface area contributed by atoms with E-state index in [9.17, 15) is 0 Å². The molecule has 2 aliphatic rings. The van der Waals surface area contributed by atoms with Crippen molar-refractivity contribution in [3.05, 3.63) is 211 Å². The molecule has 3 heterocycles. The zero-order valence-electron chi connectivity index (χ0n) is 36.3. The SMILES string of the molecule is C/C=C\c1c(C)n(-c2ccc(-c3ccccc3)cc2)c2ccc(-c3cc(-c4ccccc4)cc(-c4ccc5c6ccccc6n(/C(C)=C6\OC7C=CCCC7\C6=C\C)c5c4)c3)cc12. The van der Waals surface area contributed by atoms with Crippen molar-refractivity contribution in [2.24, 2.45) is 5.92 Å². The fourth-order valence-electron chi connectivity index (χ4n) is 10.4. The molecule has 1 saturated heterocycles. The van der Waals surface area contributed by atoms with Gasteiger partial charge in [0, 0.05) is 39.0 Å². The van der Waals surface area contributed by atoms with Crippen molar-refractivity contribution in [2.75, 3.05) is 0 Å². The number of hydrogen-bond acceptors (Lipinski definition) is 1. The summed E-state index contributed by atoms with van der Waals surface area (Å²) in [6.45, 7) is 8.74. The van der Waals surface area contributed by atoms with Gasteiger partial charge in [0.05, 0.1) is 22.2 Å². The third-order valence-corrected chi connectivity index (χ3v) is 13.5. The highest BCUT2D eigenvalue weighted by Crippen LogP contribution is 2.45. The van der Waals surface area contributed by atoms with Crippen LogP contribution in [0.5, 0.6) is 0 Å². The summed E-state index contributed by atoms with van der Waals surface area (Å²) in [5, 5.41) is 3.72. The third-order valence-electron chi connectivity index (χ3n) is 13.5. The predicted octanol–water partition coefficient (Wildman–Crippen LogP) is 16.2. The molecule has 1 aliphatic carbocycles. The molecule has 3 nitrogen and oxygen atoms in total. The molecule has 0 saturated carbocycles. The van der Waals surface area contributed by atoms with Crippen LogP contribution in [0.4, 0.5) is 0 Å². The maximum Gasteiger partial charge on any atom is 0.143 e. The van der Waals surface area contributed by atoms with Gasteiger partial charge in [0.2, 0.25) is 0 Å². The van der Waals surface area contributed by atoms with Crippen molar-refractivity contribution in [3.8, 4) is 50.2 Å². The number of aromatic nitrogens is 2. The fourth-order valence-corrected chi connectivity index (χ4v) is 10.4. The van der Waals surface area contributed by atoms with E-state index in [1.165, 1.54) is 94.0 Å². The number of ether oxygens (including phenoxy) is 1. The first kappa shape index (κ1) is 38.6. The number of nitrogens with zero attached hydrogens (tertiary/aromatic N) is 2. The third kappa shape index (κ3) is 6.58. The molecule has 0 amide bonds. The van der Waals surface area contributed by atoms with Gasteiger partial charge < -0.3 is 13.9 Å². The van der Waals surface area contributed by atoms with Gasteiger partial charge in [-0.25, -0.2) is 0 Å². The second-order valence-electron chi connectivity index (χ2n) is 17.1. The number of para-hydroxylation sites is 1. The minimum Gasteiger partial charge on any atom is -0.484 e. The van der Waals surface area contributed by atoms with Crippen LogP contribution in [0, 0.1) is 12.8 Å². The van der Waals surface area contributed by atoms with E-state index in [0.717, 1.165) is 30.0 Å². The second-order valence-corrected chi connectivity index (χ2v) is 17.1. The smallest absolute Gasteiger partial charge is 0.143 e. The normalized spacial score (nSPS) is 17.6. The zero-order chi connectivity index (χ0) is 42.6. The second kappa shape index (κ2) is 15.8. The summed E-state index contributed by atoms with van der Waals surface area (Å²) in [5.41, 5.74) is 19.2. The van der Waals surface area contributed by atoms with E-state index in [2.05, 4.69) is 231 Å². The van der Waals surface area contributed by atoms with Gasteiger partial charge in [0.15, 0.2) is 0 Å². The quantitative estimate of drug-likeness (QED) is 0.147. The van der Waals surface area contributed by atoms with Crippen molar-refractivity contribution < 1.29 is 4.74 Å². The first-order valence-corrected chi connectivity index (χ1v) is 22.4. The molecule has 7 aromatic carbocycles. The maximum absolute atomic E-state index is 6.80. The highest BCUT2D eigenvalue weighted by Gasteiger charge is 2.37. The van der Waals surface area contributed by atoms with Crippen molar-refractivity contribution in [2.45, 2.75) is 46.6 Å². The molecule has 2 atom stereocenters. The van der Waals surface area contributed by atoms with Crippen molar-refractivity contribution >= 4 is 44.5 Å². The van der Waals surface area contributed by atoms with Gasteiger partial charge in [-0.05, 0) is 151 Å². The molecule has 9 aromatic rings. The first-order chi connectivity index (χ1) is 31.0. The van der Waals surface area contributed by atoms with Crippen molar-refractivity contribution in [1.29, 1.82) is 0 Å². The first-order valence-electron chi connectivity index (χ1n) is 22.4. The van der Waals surface area contributed by atoms with E-state index in [0.29, 0.717) is 5.92 Å². The van der Waals surface area contributed by atoms with Crippen LogP contribution in [0.15, 0.2) is 199 Å². The predicted molar refractivity (Wildman–Crippen MR) is 267 cm³/mol. The summed E-state index contributed by atoms with van der Waals surface area (Å²) < 4.78 is 11.6. The van der Waals surface area contributed by atoms with Crippen LogP contribution in [-0.2, 0) is 4.74 Å². The molecule has 2 unspecified atom stereocenters. The van der Waals surface area contributed by atoms with Crippen LogP contribution >= 0.6 is 0 Å². The fraction of sp³-hybridized carbons (Fsp3) is 0.133. The Bertz CT molecular complexity index is 3340. The Morgan fingerprint density at radius 2 is 1.17 bits per heavy atom. The summed E-state index contributed by atoms with van der Waals surface area (Å²) in [5.74, 6) is 1.41. The van der Waals surface area contributed by atoms with Gasteiger partial charge in [-0.15, -0.1) is 0 Å². The average Bonchev–Trinajstić information content (AvgIpc) is 3.98. The number of rotatable bonds is 7. The van der Waals surface area contributed by atoms with Crippen LogP contribution in [0.2, 0.25) is 0 Å². The Hall–Kier alpha value is -7.36. The van der Waals surface area contributed by atoms with Crippen LogP contribution in [0.1, 0.15) is 44.9 Å². The molecule has 2 aromatic heterocycles. The Morgan fingerprint density at radius 3 is 1.89 bits per heavy atom. The lowest BCUT2D eigenvalue weighted by molar-refractivity contribution is 0.166.